The maximum atomic E-state index is 12.5. The molecular formula is C18H16N2O3S2. The van der Waals surface area contributed by atoms with Crippen molar-refractivity contribution in [2.75, 3.05) is 12.4 Å². The average Bonchev–Trinajstić information content (AvgIpc) is 3.25. The number of hydrogen-bond acceptors (Lipinski definition) is 6. The molecule has 5 nitrogen and oxygen atoms in total. The van der Waals surface area contributed by atoms with E-state index < -0.39 is 11.9 Å². The molecule has 1 amide bonds. The van der Waals surface area contributed by atoms with E-state index in [1.807, 2.05) is 23.6 Å². The van der Waals surface area contributed by atoms with Crippen molar-refractivity contribution >= 4 is 45.6 Å². The number of nitriles is 1. The number of methoxy groups -OCH3 is 1. The zero-order valence-corrected chi connectivity index (χ0v) is 15.3. The lowest BCUT2D eigenvalue weighted by Gasteiger charge is -2.11. The van der Waals surface area contributed by atoms with Gasteiger partial charge in [-0.25, -0.2) is 4.79 Å². The average molecular weight is 372 g/mol. The molecule has 0 aromatic carbocycles. The van der Waals surface area contributed by atoms with Gasteiger partial charge in [0, 0.05) is 9.75 Å². The van der Waals surface area contributed by atoms with Gasteiger partial charge in [-0.3, -0.25) is 4.79 Å². The van der Waals surface area contributed by atoms with Crippen LogP contribution in [0.4, 0.5) is 5.00 Å². The first-order valence-electron chi connectivity index (χ1n) is 7.83. The molecule has 0 atom stereocenters. The van der Waals surface area contributed by atoms with Gasteiger partial charge in [0.05, 0.1) is 12.7 Å². The minimum absolute atomic E-state index is 0.00429. The van der Waals surface area contributed by atoms with Crippen LogP contribution in [0.2, 0.25) is 0 Å². The molecule has 128 valence electrons. The molecule has 0 spiro atoms. The summed E-state index contributed by atoms with van der Waals surface area (Å²) in [6.45, 7) is 0. The van der Waals surface area contributed by atoms with Crippen LogP contribution in [0.15, 0.2) is 23.1 Å². The summed E-state index contributed by atoms with van der Waals surface area (Å²) < 4.78 is 4.89. The summed E-state index contributed by atoms with van der Waals surface area (Å²) >= 11 is 2.85. The summed E-state index contributed by atoms with van der Waals surface area (Å²) in [4.78, 5) is 26.6. The lowest BCUT2D eigenvalue weighted by molar-refractivity contribution is -0.112. The molecule has 0 fully saturated rings. The Labute approximate surface area is 153 Å². The van der Waals surface area contributed by atoms with Crippen LogP contribution in [0.25, 0.3) is 6.08 Å². The number of nitrogens with zero attached hydrogens (tertiary/aromatic N) is 1. The number of anilines is 1. The minimum Gasteiger partial charge on any atom is -0.465 e. The maximum Gasteiger partial charge on any atom is 0.341 e. The van der Waals surface area contributed by atoms with Crippen LogP contribution < -0.4 is 5.32 Å². The third-order valence-electron chi connectivity index (χ3n) is 3.98. The van der Waals surface area contributed by atoms with Crippen molar-refractivity contribution in [3.63, 3.8) is 0 Å². The predicted octanol–water partition coefficient (Wildman–Crippen LogP) is 4.02. The number of ether oxygens (including phenoxy) is 1. The summed E-state index contributed by atoms with van der Waals surface area (Å²) in [7, 11) is 1.33. The molecule has 3 rings (SSSR count). The van der Waals surface area contributed by atoms with Crippen molar-refractivity contribution in [2.24, 2.45) is 0 Å². The van der Waals surface area contributed by atoms with Gasteiger partial charge in [-0.15, -0.1) is 22.7 Å². The second kappa shape index (κ2) is 7.64. The van der Waals surface area contributed by atoms with Gasteiger partial charge >= 0.3 is 5.97 Å². The zero-order chi connectivity index (χ0) is 17.8. The molecule has 0 bridgehead atoms. The first kappa shape index (κ1) is 17.4. The van der Waals surface area contributed by atoms with Gasteiger partial charge in [-0.2, -0.15) is 5.26 Å². The van der Waals surface area contributed by atoms with Gasteiger partial charge in [-0.05, 0) is 48.8 Å². The van der Waals surface area contributed by atoms with Gasteiger partial charge < -0.3 is 10.1 Å². The number of amides is 1. The zero-order valence-electron chi connectivity index (χ0n) is 13.6. The Morgan fingerprint density at radius 2 is 2.16 bits per heavy atom. The van der Waals surface area contributed by atoms with Crippen LogP contribution in [-0.2, 0) is 22.4 Å². The van der Waals surface area contributed by atoms with E-state index in [2.05, 4.69) is 5.32 Å². The Morgan fingerprint density at radius 1 is 1.36 bits per heavy atom. The summed E-state index contributed by atoms with van der Waals surface area (Å²) in [6, 6.07) is 5.61. The first-order chi connectivity index (χ1) is 12.1. The van der Waals surface area contributed by atoms with Gasteiger partial charge in [-0.1, -0.05) is 6.07 Å². The molecule has 7 heteroatoms. The SMILES string of the molecule is COC(=O)c1c(NC(=O)C(C#N)=Cc2cccs2)sc2c1CCCC2. The summed E-state index contributed by atoms with van der Waals surface area (Å²) in [6.07, 6.45) is 5.34. The Hall–Kier alpha value is -2.43. The highest BCUT2D eigenvalue weighted by Gasteiger charge is 2.27. The summed E-state index contributed by atoms with van der Waals surface area (Å²) in [5.41, 5.74) is 1.41. The fraction of sp³-hybridized carbons (Fsp3) is 0.278. The molecule has 25 heavy (non-hydrogen) atoms. The highest BCUT2D eigenvalue weighted by molar-refractivity contribution is 7.17. The number of nitrogens with one attached hydrogen (secondary N) is 1. The molecule has 2 heterocycles. The Bertz CT molecular complexity index is 873. The first-order valence-corrected chi connectivity index (χ1v) is 9.53. The maximum absolute atomic E-state index is 12.5. The lowest BCUT2D eigenvalue weighted by atomic mass is 9.95. The second-order valence-corrected chi connectivity index (χ2v) is 7.63. The smallest absolute Gasteiger partial charge is 0.341 e. The van der Waals surface area contributed by atoms with Gasteiger partial charge in [0.15, 0.2) is 0 Å². The normalized spacial score (nSPS) is 13.7. The Morgan fingerprint density at radius 3 is 2.84 bits per heavy atom. The van der Waals surface area contributed by atoms with Crippen molar-refractivity contribution in [1.82, 2.24) is 0 Å². The lowest BCUT2D eigenvalue weighted by Crippen LogP contribution is -2.16. The molecule has 0 radical (unpaired) electrons. The molecule has 0 unspecified atom stereocenters. The van der Waals surface area contributed by atoms with Crippen LogP contribution in [0.3, 0.4) is 0 Å². The number of esters is 1. The topological polar surface area (TPSA) is 79.2 Å². The number of hydrogen-bond donors (Lipinski definition) is 1. The predicted molar refractivity (Wildman–Crippen MR) is 98.8 cm³/mol. The van der Waals surface area contributed by atoms with Crippen molar-refractivity contribution in [1.29, 1.82) is 5.26 Å². The Balaban J connectivity index is 1.92. The van der Waals surface area contributed by atoms with Crippen molar-refractivity contribution in [2.45, 2.75) is 25.7 Å². The minimum atomic E-state index is -0.514. The third-order valence-corrected chi connectivity index (χ3v) is 6.01. The number of aryl methyl sites for hydroxylation is 1. The molecule has 2 aromatic rings. The molecule has 1 aliphatic rings. The quantitative estimate of drug-likeness (QED) is 0.499. The number of fused-ring (bicyclic) bond motifs is 1. The summed E-state index contributed by atoms with van der Waals surface area (Å²) in [5, 5.41) is 14.4. The van der Waals surface area contributed by atoms with E-state index in [1.165, 1.54) is 29.8 Å². The van der Waals surface area contributed by atoms with Gasteiger partial charge in [0.25, 0.3) is 5.91 Å². The van der Waals surface area contributed by atoms with Crippen LogP contribution in [0.5, 0.6) is 0 Å². The number of carbonyl (C=O) groups excluding carboxylic acids is 2. The fourth-order valence-corrected chi connectivity index (χ4v) is 4.74. The van der Waals surface area contributed by atoms with E-state index in [9.17, 15) is 14.9 Å². The monoisotopic (exact) mass is 372 g/mol. The fourth-order valence-electron chi connectivity index (χ4n) is 2.81. The molecule has 1 N–H and O–H groups in total. The van der Waals surface area contributed by atoms with Crippen LogP contribution in [0, 0.1) is 11.3 Å². The molecular weight excluding hydrogens is 356 g/mol. The molecule has 0 saturated carbocycles. The highest BCUT2D eigenvalue weighted by atomic mass is 32.1. The molecule has 1 aliphatic carbocycles. The van der Waals surface area contributed by atoms with E-state index >= 15 is 0 Å². The molecule has 2 aromatic heterocycles. The number of rotatable bonds is 4. The van der Waals surface area contributed by atoms with Crippen molar-refractivity contribution in [3.05, 3.63) is 44.0 Å². The van der Waals surface area contributed by atoms with Crippen molar-refractivity contribution < 1.29 is 14.3 Å². The highest BCUT2D eigenvalue weighted by Crippen LogP contribution is 2.38. The van der Waals surface area contributed by atoms with Gasteiger partial charge in [0.1, 0.15) is 16.6 Å². The van der Waals surface area contributed by atoms with E-state index in [0.29, 0.717) is 10.6 Å². The summed E-state index contributed by atoms with van der Waals surface area (Å²) in [5.74, 6) is -0.963. The standard InChI is InChI=1S/C18H16N2O3S2/c1-23-18(22)15-13-6-2-3-7-14(13)25-17(15)20-16(21)11(10-19)9-12-5-4-8-24-12/h4-5,8-9H,2-3,6-7H2,1H3,(H,20,21). The number of carbonyl (C=O) groups is 2. The molecule has 0 saturated heterocycles. The van der Waals surface area contributed by atoms with E-state index in [0.717, 1.165) is 41.0 Å². The van der Waals surface area contributed by atoms with E-state index in [-0.39, 0.29) is 5.57 Å². The van der Waals surface area contributed by atoms with Crippen LogP contribution >= 0.6 is 22.7 Å². The van der Waals surface area contributed by atoms with Crippen LogP contribution in [0.1, 0.15) is 38.5 Å². The third kappa shape index (κ3) is 3.65. The molecule has 0 aliphatic heterocycles. The Kier molecular flexibility index (Phi) is 5.31. The second-order valence-electron chi connectivity index (χ2n) is 5.55. The number of thiophene rings is 2. The largest absolute Gasteiger partial charge is 0.465 e. The van der Waals surface area contributed by atoms with E-state index in [1.54, 1.807) is 6.08 Å². The van der Waals surface area contributed by atoms with Crippen molar-refractivity contribution in [3.8, 4) is 6.07 Å². The van der Waals surface area contributed by atoms with Crippen LogP contribution in [-0.4, -0.2) is 19.0 Å². The van der Waals surface area contributed by atoms with E-state index in [4.69, 9.17) is 4.74 Å². The van der Waals surface area contributed by atoms with Gasteiger partial charge in [0.2, 0.25) is 0 Å².